The van der Waals surface area contributed by atoms with Crippen molar-refractivity contribution < 1.29 is 9.31 Å². The van der Waals surface area contributed by atoms with Crippen molar-refractivity contribution in [1.29, 1.82) is 0 Å². The number of aryl methyl sites for hydroxylation is 1. The number of hydrogen-bond acceptors (Lipinski definition) is 2. The molecule has 0 amide bonds. The standard InChI is InChI=1S/C17H27BO2/c1-12-9-10-13(15(2,3)4)11-14(12)18-19-16(5,6)17(7,8)20-18/h9-11H,1-8H3. The first-order chi connectivity index (χ1) is 8.94. The van der Waals surface area contributed by atoms with Gasteiger partial charge in [0, 0.05) is 0 Å². The van der Waals surface area contributed by atoms with Crippen LogP contribution in [-0.2, 0) is 14.7 Å². The number of hydrogen-bond donors (Lipinski definition) is 0. The van der Waals surface area contributed by atoms with Crippen molar-refractivity contribution >= 4 is 12.6 Å². The second-order valence-electron chi connectivity index (χ2n) is 7.91. The van der Waals surface area contributed by atoms with Gasteiger partial charge in [-0.3, -0.25) is 0 Å². The van der Waals surface area contributed by atoms with E-state index in [4.69, 9.17) is 9.31 Å². The van der Waals surface area contributed by atoms with Crippen LogP contribution >= 0.6 is 0 Å². The second kappa shape index (κ2) is 4.61. The van der Waals surface area contributed by atoms with Crippen LogP contribution in [0.25, 0.3) is 0 Å². The highest BCUT2D eigenvalue weighted by Crippen LogP contribution is 2.37. The molecule has 1 aromatic carbocycles. The van der Waals surface area contributed by atoms with Crippen molar-refractivity contribution in [2.24, 2.45) is 0 Å². The molecule has 0 spiro atoms. The molecule has 0 bridgehead atoms. The number of rotatable bonds is 1. The van der Waals surface area contributed by atoms with E-state index in [2.05, 4.69) is 73.6 Å². The van der Waals surface area contributed by atoms with E-state index in [0.29, 0.717) is 0 Å². The molecule has 0 aliphatic carbocycles. The van der Waals surface area contributed by atoms with Crippen molar-refractivity contribution in [3.63, 3.8) is 0 Å². The molecule has 3 heteroatoms. The van der Waals surface area contributed by atoms with Gasteiger partial charge in [-0.2, -0.15) is 0 Å². The summed E-state index contributed by atoms with van der Waals surface area (Å²) in [5, 5.41) is 0. The Kier molecular flexibility index (Phi) is 3.59. The monoisotopic (exact) mass is 274 g/mol. The van der Waals surface area contributed by atoms with E-state index in [0.717, 1.165) is 5.46 Å². The molecule has 2 rings (SSSR count). The van der Waals surface area contributed by atoms with Gasteiger partial charge in [-0.05, 0) is 51.1 Å². The first-order valence-electron chi connectivity index (χ1n) is 7.41. The van der Waals surface area contributed by atoms with Crippen LogP contribution in [0.3, 0.4) is 0 Å². The lowest BCUT2D eigenvalue weighted by Gasteiger charge is -2.32. The van der Waals surface area contributed by atoms with E-state index >= 15 is 0 Å². The fraction of sp³-hybridized carbons (Fsp3) is 0.647. The van der Waals surface area contributed by atoms with Crippen LogP contribution in [0, 0.1) is 6.92 Å². The molecule has 0 unspecified atom stereocenters. The highest BCUT2D eigenvalue weighted by molar-refractivity contribution is 6.62. The van der Waals surface area contributed by atoms with Crippen LogP contribution in [0.1, 0.15) is 59.6 Å². The quantitative estimate of drug-likeness (QED) is 0.729. The molecule has 1 heterocycles. The molecule has 1 saturated heterocycles. The van der Waals surface area contributed by atoms with Gasteiger partial charge in [0.15, 0.2) is 0 Å². The Labute approximate surface area is 124 Å². The SMILES string of the molecule is Cc1ccc(C(C)(C)C)cc1B1OC(C)(C)C(C)(C)O1. The first kappa shape index (κ1) is 15.6. The van der Waals surface area contributed by atoms with Gasteiger partial charge < -0.3 is 9.31 Å². The molecule has 1 aliphatic heterocycles. The topological polar surface area (TPSA) is 18.5 Å². The summed E-state index contributed by atoms with van der Waals surface area (Å²) in [6.45, 7) is 17.2. The fourth-order valence-corrected chi connectivity index (χ4v) is 2.33. The van der Waals surface area contributed by atoms with Gasteiger partial charge in [-0.25, -0.2) is 0 Å². The Morgan fingerprint density at radius 3 is 1.90 bits per heavy atom. The minimum absolute atomic E-state index is 0.131. The largest absolute Gasteiger partial charge is 0.495 e. The smallest absolute Gasteiger partial charge is 0.399 e. The van der Waals surface area contributed by atoms with E-state index in [9.17, 15) is 0 Å². The summed E-state index contributed by atoms with van der Waals surface area (Å²) in [7, 11) is -0.276. The van der Waals surface area contributed by atoms with Gasteiger partial charge in [-0.15, -0.1) is 0 Å². The van der Waals surface area contributed by atoms with Crippen LogP contribution in [0.5, 0.6) is 0 Å². The van der Waals surface area contributed by atoms with Gasteiger partial charge in [0.1, 0.15) is 0 Å². The Morgan fingerprint density at radius 2 is 1.45 bits per heavy atom. The predicted octanol–water partition coefficient (Wildman–Crippen LogP) is 3.59. The molecule has 1 aromatic rings. The average molecular weight is 274 g/mol. The predicted molar refractivity (Wildman–Crippen MR) is 85.6 cm³/mol. The first-order valence-corrected chi connectivity index (χ1v) is 7.41. The Bertz CT molecular complexity index is 496. The van der Waals surface area contributed by atoms with Crippen molar-refractivity contribution in [2.75, 3.05) is 0 Å². The molecular weight excluding hydrogens is 247 g/mol. The van der Waals surface area contributed by atoms with E-state index in [1.165, 1.54) is 11.1 Å². The summed E-state index contributed by atoms with van der Waals surface area (Å²) < 4.78 is 12.4. The molecule has 1 aliphatic rings. The maximum atomic E-state index is 6.18. The molecular formula is C17H27BO2. The third kappa shape index (κ3) is 2.66. The summed E-state index contributed by atoms with van der Waals surface area (Å²) in [5.74, 6) is 0. The van der Waals surface area contributed by atoms with E-state index in [-0.39, 0.29) is 23.7 Å². The summed E-state index contributed by atoms with van der Waals surface area (Å²) >= 11 is 0. The summed E-state index contributed by atoms with van der Waals surface area (Å²) in [4.78, 5) is 0. The van der Waals surface area contributed by atoms with Crippen molar-refractivity contribution in [2.45, 2.75) is 72.0 Å². The lowest BCUT2D eigenvalue weighted by molar-refractivity contribution is 0.00578. The van der Waals surface area contributed by atoms with Crippen molar-refractivity contribution in [3.8, 4) is 0 Å². The van der Waals surface area contributed by atoms with E-state index in [1.54, 1.807) is 0 Å². The minimum Gasteiger partial charge on any atom is -0.399 e. The molecule has 0 aromatic heterocycles. The van der Waals surface area contributed by atoms with Crippen LogP contribution in [-0.4, -0.2) is 18.3 Å². The molecule has 110 valence electrons. The molecule has 2 nitrogen and oxygen atoms in total. The molecule has 0 saturated carbocycles. The van der Waals surface area contributed by atoms with Crippen LogP contribution in [0.2, 0.25) is 0 Å². The Balaban J connectivity index is 2.40. The van der Waals surface area contributed by atoms with E-state index < -0.39 is 0 Å². The average Bonchev–Trinajstić information content (AvgIpc) is 2.46. The zero-order valence-corrected chi connectivity index (χ0v) is 14.1. The highest BCUT2D eigenvalue weighted by Gasteiger charge is 2.52. The molecule has 0 N–H and O–H groups in total. The van der Waals surface area contributed by atoms with Crippen LogP contribution < -0.4 is 5.46 Å². The fourth-order valence-electron chi connectivity index (χ4n) is 2.33. The molecule has 0 atom stereocenters. The zero-order valence-electron chi connectivity index (χ0n) is 14.1. The van der Waals surface area contributed by atoms with Gasteiger partial charge in [0.05, 0.1) is 11.2 Å². The Morgan fingerprint density at radius 1 is 0.950 bits per heavy atom. The second-order valence-corrected chi connectivity index (χ2v) is 7.91. The van der Waals surface area contributed by atoms with E-state index in [1.807, 2.05) is 0 Å². The van der Waals surface area contributed by atoms with Gasteiger partial charge in [-0.1, -0.05) is 44.5 Å². The molecule has 0 radical (unpaired) electrons. The molecule has 1 fully saturated rings. The van der Waals surface area contributed by atoms with Crippen LogP contribution in [0.15, 0.2) is 18.2 Å². The normalized spacial score (nSPS) is 21.3. The van der Waals surface area contributed by atoms with Gasteiger partial charge in [0.2, 0.25) is 0 Å². The van der Waals surface area contributed by atoms with Gasteiger partial charge in [0.25, 0.3) is 0 Å². The summed E-state index contributed by atoms with van der Waals surface area (Å²) in [6.07, 6.45) is 0. The zero-order chi connectivity index (χ0) is 15.3. The lowest BCUT2D eigenvalue weighted by atomic mass is 9.73. The third-order valence-electron chi connectivity index (χ3n) is 4.65. The number of benzene rings is 1. The third-order valence-corrected chi connectivity index (χ3v) is 4.65. The summed E-state index contributed by atoms with van der Waals surface area (Å²) in [6, 6.07) is 6.60. The Hall–Kier alpha value is -0.795. The van der Waals surface area contributed by atoms with Crippen molar-refractivity contribution in [3.05, 3.63) is 29.3 Å². The van der Waals surface area contributed by atoms with Crippen LogP contribution in [0.4, 0.5) is 0 Å². The lowest BCUT2D eigenvalue weighted by Crippen LogP contribution is -2.41. The molecule has 20 heavy (non-hydrogen) atoms. The maximum Gasteiger partial charge on any atom is 0.495 e. The maximum absolute atomic E-state index is 6.18. The van der Waals surface area contributed by atoms with Gasteiger partial charge >= 0.3 is 7.12 Å². The summed E-state index contributed by atoms with van der Waals surface area (Å²) in [5.41, 5.74) is 3.23. The minimum atomic E-state index is -0.290. The highest BCUT2D eigenvalue weighted by atomic mass is 16.7. The van der Waals surface area contributed by atoms with Crippen molar-refractivity contribution in [1.82, 2.24) is 0 Å².